The number of hydrogen-bond acceptors (Lipinski definition) is 6. The summed E-state index contributed by atoms with van der Waals surface area (Å²) < 4.78 is 7.66. The summed E-state index contributed by atoms with van der Waals surface area (Å²) in [4.78, 5) is 14.0. The lowest BCUT2D eigenvalue weighted by molar-refractivity contribution is 0.102. The van der Waals surface area contributed by atoms with E-state index < -0.39 is 0 Å². The number of carbonyl (C=O) groups excluding carboxylic acids is 1. The van der Waals surface area contributed by atoms with Crippen LogP contribution in [0.5, 0.6) is 0 Å². The predicted octanol–water partition coefficient (Wildman–Crippen LogP) is 6.11. The highest BCUT2D eigenvalue weighted by molar-refractivity contribution is 7.98. The molecule has 35 heavy (non-hydrogen) atoms. The number of tetrazole rings is 1. The number of nitrogens with zero attached hydrogens (tertiary/aromatic N) is 4. The van der Waals surface area contributed by atoms with Crippen LogP contribution in [0.2, 0.25) is 0 Å². The second kappa shape index (κ2) is 9.08. The maximum atomic E-state index is 13.2. The quantitative estimate of drug-likeness (QED) is 0.292. The van der Waals surface area contributed by atoms with E-state index in [2.05, 4.69) is 20.8 Å². The second-order valence-electron chi connectivity index (χ2n) is 7.89. The number of nitrogens with one attached hydrogen (secondary N) is 1. The summed E-state index contributed by atoms with van der Waals surface area (Å²) >= 11 is 1.52. The van der Waals surface area contributed by atoms with Gasteiger partial charge in [0.1, 0.15) is 11.2 Å². The SMILES string of the molecule is O=C(Nc1ccc2c(c1)oc1ccccc12)c1ccccc1SCc1nnnn1-c1ccccc1. The number of amides is 1. The Hall–Kier alpha value is -4.43. The van der Waals surface area contributed by atoms with Gasteiger partial charge in [-0.1, -0.05) is 48.5 Å². The van der Waals surface area contributed by atoms with Crippen molar-refractivity contribution >= 4 is 45.3 Å². The maximum absolute atomic E-state index is 13.2. The molecule has 0 bridgehead atoms. The van der Waals surface area contributed by atoms with Crippen LogP contribution in [0, 0.1) is 0 Å². The minimum Gasteiger partial charge on any atom is -0.456 e. The van der Waals surface area contributed by atoms with Crippen molar-refractivity contribution in [3.63, 3.8) is 0 Å². The van der Waals surface area contributed by atoms with Crippen LogP contribution in [-0.2, 0) is 5.75 Å². The highest BCUT2D eigenvalue weighted by atomic mass is 32.2. The third-order valence-corrected chi connectivity index (χ3v) is 6.73. The summed E-state index contributed by atoms with van der Waals surface area (Å²) in [6.45, 7) is 0. The number of rotatable bonds is 6. The Labute approximate surface area is 204 Å². The minimum atomic E-state index is -0.189. The topological polar surface area (TPSA) is 85.8 Å². The average Bonchev–Trinajstić information content (AvgIpc) is 3.52. The highest BCUT2D eigenvalue weighted by Gasteiger charge is 2.15. The van der Waals surface area contributed by atoms with Gasteiger partial charge in [0.05, 0.1) is 17.0 Å². The van der Waals surface area contributed by atoms with Gasteiger partial charge < -0.3 is 9.73 Å². The molecule has 0 atom stereocenters. The molecule has 0 saturated heterocycles. The number of carbonyl (C=O) groups is 1. The van der Waals surface area contributed by atoms with Crippen LogP contribution in [0.1, 0.15) is 16.2 Å². The Morgan fingerprint density at radius 1 is 0.857 bits per heavy atom. The van der Waals surface area contributed by atoms with E-state index in [1.165, 1.54) is 11.8 Å². The summed E-state index contributed by atoms with van der Waals surface area (Å²) in [5, 5.41) is 17.2. The lowest BCUT2D eigenvalue weighted by Gasteiger charge is -2.10. The van der Waals surface area contributed by atoms with Crippen LogP contribution in [0.15, 0.2) is 106 Å². The van der Waals surface area contributed by atoms with E-state index in [1.54, 1.807) is 4.68 Å². The second-order valence-corrected chi connectivity index (χ2v) is 8.91. The molecule has 2 aromatic heterocycles. The molecule has 0 fully saturated rings. The number of para-hydroxylation sites is 2. The van der Waals surface area contributed by atoms with Gasteiger partial charge in [0, 0.05) is 27.4 Å². The molecule has 1 amide bonds. The molecule has 0 aliphatic carbocycles. The van der Waals surface area contributed by atoms with Gasteiger partial charge in [0.25, 0.3) is 5.91 Å². The van der Waals surface area contributed by atoms with Gasteiger partial charge in [-0.05, 0) is 52.9 Å². The first-order chi connectivity index (χ1) is 17.3. The molecular formula is C27H19N5O2S. The summed E-state index contributed by atoms with van der Waals surface area (Å²) in [5.74, 6) is 1.02. The molecule has 6 rings (SSSR count). The van der Waals surface area contributed by atoms with Crippen molar-refractivity contribution in [3.05, 3.63) is 108 Å². The molecule has 0 aliphatic rings. The van der Waals surface area contributed by atoms with Crippen molar-refractivity contribution in [2.75, 3.05) is 5.32 Å². The lowest BCUT2D eigenvalue weighted by atomic mass is 10.1. The Balaban J connectivity index is 1.22. The van der Waals surface area contributed by atoms with E-state index in [0.717, 1.165) is 32.5 Å². The Morgan fingerprint density at radius 2 is 1.63 bits per heavy atom. The third-order valence-electron chi connectivity index (χ3n) is 5.66. The predicted molar refractivity (Wildman–Crippen MR) is 137 cm³/mol. The van der Waals surface area contributed by atoms with Crippen LogP contribution in [-0.4, -0.2) is 26.1 Å². The van der Waals surface area contributed by atoms with Crippen LogP contribution < -0.4 is 5.32 Å². The number of anilines is 1. The molecule has 0 unspecified atom stereocenters. The number of fused-ring (bicyclic) bond motifs is 3. The number of aromatic nitrogens is 4. The van der Waals surface area contributed by atoms with E-state index in [0.29, 0.717) is 22.8 Å². The van der Waals surface area contributed by atoms with Crippen molar-refractivity contribution in [2.24, 2.45) is 0 Å². The van der Waals surface area contributed by atoms with Crippen molar-refractivity contribution in [3.8, 4) is 5.69 Å². The minimum absolute atomic E-state index is 0.189. The standard InChI is InChI=1S/C27H19N5O2S/c33-27(28-18-14-15-21-20-10-4-6-12-23(20)34-24(21)16-18)22-11-5-7-13-25(22)35-17-26-29-30-31-32(26)19-8-2-1-3-9-19/h1-16H,17H2,(H,28,33). The summed E-state index contributed by atoms with van der Waals surface area (Å²) in [7, 11) is 0. The van der Waals surface area contributed by atoms with Crippen molar-refractivity contribution < 1.29 is 9.21 Å². The molecule has 0 aliphatic heterocycles. The molecule has 0 radical (unpaired) electrons. The zero-order chi connectivity index (χ0) is 23.6. The molecule has 8 heteroatoms. The van der Waals surface area contributed by atoms with Crippen LogP contribution >= 0.6 is 11.8 Å². The highest BCUT2D eigenvalue weighted by Crippen LogP contribution is 2.31. The Morgan fingerprint density at radius 3 is 2.54 bits per heavy atom. The van der Waals surface area contributed by atoms with E-state index >= 15 is 0 Å². The fourth-order valence-corrected chi connectivity index (χ4v) is 4.95. The van der Waals surface area contributed by atoms with E-state index in [4.69, 9.17) is 4.42 Å². The molecule has 4 aromatic carbocycles. The van der Waals surface area contributed by atoms with Crippen molar-refractivity contribution in [1.29, 1.82) is 0 Å². The average molecular weight is 478 g/mol. The summed E-state index contributed by atoms with van der Waals surface area (Å²) in [6, 6.07) is 30.9. The first-order valence-electron chi connectivity index (χ1n) is 11.0. The van der Waals surface area contributed by atoms with E-state index in [-0.39, 0.29) is 5.91 Å². The molecule has 0 saturated carbocycles. The zero-order valence-electron chi connectivity index (χ0n) is 18.5. The molecule has 1 N–H and O–H groups in total. The van der Waals surface area contributed by atoms with Crippen LogP contribution in [0.4, 0.5) is 5.69 Å². The molecule has 7 nitrogen and oxygen atoms in total. The number of hydrogen-bond donors (Lipinski definition) is 1. The fraction of sp³-hybridized carbons (Fsp3) is 0.0370. The van der Waals surface area contributed by atoms with E-state index in [1.807, 2.05) is 97.1 Å². The first-order valence-corrected chi connectivity index (χ1v) is 12.0. The molecule has 2 heterocycles. The van der Waals surface area contributed by atoms with Gasteiger partial charge in [-0.25, -0.2) is 0 Å². The third kappa shape index (κ3) is 4.15. The molecule has 0 spiro atoms. The lowest BCUT2D eigenvalue weighted by Crippen LogP contribution is -2.13. The summed E-state index contributed by atoms with van der Waals surface area (Å²) in [5.41, 5.74) is 3.71. The number of thioether (sulfide) groups is 1. The van der Waals surface area contributed by atoms with E-state index in [9.17, 15) is 4.79 Å². The van der Waals surface area contributed by atoms with Gasteiger partial charge >= 0.3 is 0 Å². The zero-order valence-corrected chi connectivity index (χ0v) is 19.3. The largest absolute Gasteiger partial charge is 0.456 e. The van der Waals surface area contributed by atoms with Crippen molar-refractivity contribution in [1.82, 2.24) is 20.2 Å². The smallest absolute Gasteiger partial charge is 0.256 e. The van der Waals surface area contributed by atoms with Crippen LogP contribution in [0.3, 0.4) is 0 Å². The van der Waals surface area contributed by atoms with Gasteiger partial charge in [-0.15, -0.1) is 16.9 Å². The van der Waals surface area contributed by atoms with Gasteiger partial charge in [0.2, 0.25) is 0 Å². The Kier molecular flexibility index (Phi) is 5.48. The van der Waals surface area contributed by atoms with Crippen molar-refractivity contribution in [2.45, 2.75) is 10.6 Å². The maximum Gasteiger partial charge on any atom is 0.256 e. The molecule has 6 aromatic rings. The number of furan rings is 1. The van der Waals surface area contributed by atoms with Gasteiger partial charge in [-0.3, -0.25) is 4.79 Å². The fourth-order valence-electron chi connectivity index (χ4n) is 3.99. The van der Waals surface area contributed by atoms with Crippen LogP contribution in [0.25, 0.3) is 27.6 Å². The van der Waals surface area contributed by atoms with Gasteiger partial charge in [0.15, 0.2) is 5.82 Å². The molecule has 170 valence electrons. The molecular weight excluding hydrogens is 458 g/mol. The first kappa shape index (κ1) is 21.1. The number of benzene rings is 4. The monoisotopic (exact) mass is 477 g/mol. The normalized spacial score (nSPS) is 11.2. The van der Waals surface area contributed by atoms with Gasteiger partial charge in [-0.2, -0.15) is 4.68 Å². The summed E-state index contributed by atoms with van der Waals surface area (Å²) in [6.07, 6.45) is 0. The Bertz CT molecular complexity index is 1660.